The minimum Gasteiger partial charge on any atom is -0.508 e. The van der Waals surface area contributed by atoms with E-state index in [9.17, 15) is 18.3 Å². The van der Waals surface area contributed by atoms with Gasteiger partial charge in [0, 0.05) is 34.3 Å². The Morgan fingerprint density at radius 3 is 2.65 bits per heavy atom. The van der Waals surface area contributed by atoms with Crippen molar-refractivity contribution in [3.05, 3.63) is 53.7 Å². The van der Waals surface area contributed by atoms with Crippen LogP contribution in [0.5, 0.6) is 11.5 Å². The molecule has 6 heteroatoms. The summed E-state index contributed by atoms with van der Waals surface area (Å²) in [7, 11) is 0. The van der Waals surface area contributed by atoms with E-state index >= 15 is 0 Å². The molecule has 4 rings (SSSR count). The molecule has 0 saturated heterocycles. The lowest BCUT2D eigenvalue weighted by Gasteiger charge is -2.23. The zero-order valence-electron chi connectivity index (χ0n) is 11.7. The van der Waals surface area contributed by atoms with Gasteiger partial charge in [-0.25, -0.2) is 0 Å². The number of ether oxygens (including phenoxy) is 1. The Hall–Kier alpha value is -2.76. The number of phenols is 1. The van der Waals surface area contributed by atoms with Crippen LogP contribution in [-0.4, -0.2) is 10.1 Å². The third-order valence-electron chi connectivity index (χ3n) is 3.94. The van der Waals surface area contributed by atoms with E-state index in [0.29, 0.717) is 11.1 Å². The van der Waals surface area contributed by atoms with Crippen molar-refractivity contribution in [3.63, 3.8) is 0 Å². The molecule has 0 atom stereocenters. The predicted octanol–water partition coefficient (Wildman–Crippen LogP) is 4.52. The third kappa shape index (κ3) is 2.18. The van der Waals surface area contributed by atoms with E-state index in [2.05, 4.69) is 4.98 Å². The van der Waals surface area contributed by atoms with Gasteiger partial charge in [0.15, 0.2) is 0 Å². The number of rotatable bonds is 0. The molecular weight excluding hydrogens is 307 g/mol. The van der Waals surface area contributed by atoms with Crippen LogP contribution in [0.3, 0.4) is 0 Å². The van der Waals surface area contributed by atoms with E-state index in [-0.39, 0.29) is 18.1 Å². The second-order valence-corrected chi connectivity index (χ2v) is 5.35. The van der Waals surface area contributed by atoms with Gasteiger partial charge in [-0.05, 0) is 30.3 Å². The average molecular weight is 317 g/mol. The van der Waals surface area contributed by atoms with E-state index in [1.54, 1.807) is 18.3 Å². The molecule has 1 aromatic heterocycles. The highest BCUT2D eigenvalue weighted by atomic mass is 19.4. The van der Waals surface area contributed by atoms with Gasteiger partial charge in [-0.3, -0.25) is 4.98 Å². The van der Waals surface area contributed by atoms with Crippen LogP contribution >= 0.6 is 0 Å². The zero-order chi connectivity index (χ0) is 16.2. The van der Waals surface area contributed by atoms with Crippen LogP contribution in [0.2, 0.25) is 0 Å². The predicted molar refractivity (Wildman–Crippen MR) is 78.2 cm³/mol. The van der Waals surface area contributed by atoms with Crippen molar-refractivity contribution in [2.75, 3.05) is 0 Å². The fraction of sp³-hybridized carbons (Fsp3) is 0.118. The van der Waals surface area contributed by atoms with Crippen LogP contribution in [0.4, 0.5) is 13.2 Å². The molecule has 1 aliphatic rings. The van der Waals surface area contributed by atoms with Gasteiger partial charge in [-0.1, -0.05) is 0 Å². The Balaban J connectivity index is 1.92. The Labute approximate surface area is 129 Å². The summed E-state index contributed by atoms with van der Waals surface area (Å²) in [6.45, 7) is 0.160. The number of nitrogens with zero attached hydrogens (tertiary/aromatic N) is 1. The summed E-state index contributed by atoms with van der Waals surface area (Å²) in [6.07, 6.45) is -2.80. The van der Waals surface area contributed by atoms with Crippen LogP contribution in [-0.2, 0) is 12.8 Å². The second kappa shape index (κ2) is 4.62. The smallest absolute Gasteiger partial charge is 0.416 e. The lowest BCUT2D eigenvalue weighted by molar-refractivity contribution is -0.137. The minimum absolute atomic E-state index is 0.108. The summed E-state index contributed by atoms with van der Waals surface area (Å²) >= 11 is 0. The molecule has 0 bridgehead atoms. The summed E-state index contributed by atoms with van der Waals surface area (Å²) in [6, 6.07) is 8.28. The lowest BCUT2D eigenvalue weighted by atomic mass is 9.94. The van der Waals surface area contributed by atoms with E-state index < -0.39 is 11.7 Å². The summed E-state index contributed by atoms with van der Waals surface area (Å²) in [4.78, 5) is 4.29. The molecule has 0 saturated carbocycles. The van der Waals surface area contributed by atoms with Crippen LogP contribution in [0.15, 0.2) is 42.6 Å². The average Bonchev–Trinajstić information content (AvgIpc) is 2.52. The number of pyridine rings is 1. The van der Waals surface area contributed by atoms with Gasteiger partial charge >= 0.3 is 6.18 Å². The molecule has 2 aromatic carbocycles. The van der Waals surface area contributed by atoms with Gasteiger partial charge in [-0.15, -0.1) is 0 Å². The molecule has 3 nitrogen and oxygen atoms in total. The molecule has 0 amide bonds. The van der Waals surface area contributed by atoms with Crippen molar-refractivity contribution < 1.29 is 23.0 Å². The Bertz CT molecular complexity index is 935. The second-order valence-electron chi connectivity index (χ2n) is 5.35. The van der Waals surface area contributed by atoms with E-state index in [4.69, 9.17) is 4.74 Å². The molecule has 2 heterocycles. The van der Waals surface area contributed by atoms with Crippen molar-refractivity contribution in [2.24, 2.45) is 0 Å². The van der Waals surface area contributed by atoms with Crippen molar-refractivity contribution in [3.8, 4) is 22.6 Å². The number of fused-ring (bicyclic) bond motifs is 5. The van der Waals surface area contributed by atoms with Crippen molar-refractivity contribution in [1.82, 2.24) is 4.98 Å². The summed E-state index contributed by atoms with van der Waals surface area (Å²) in [5.41, 5.74) is 2.06. The van der Waals surface area contributed by atoms with Gasteiger partial charge in [0.1, 0.15) is 18.1 Å². The number of alkyl halides is 3. The third-order valence-corrected chi connectivity index (χ3v) is 3.94. The first-order valence-corrected chi connectivity index (χ1v) is 6.88. The first-order valence-electron chi connectivity index (χ1n) is 6.88. The quantitative estimate of drug-likeness (QED) is 0.663. The highest BCUT2D eigenvalue weighted by Crippen LogP contribution is 2.42. The molecule has 0 spiro atoms. The molecular formula is C17H10F3NO2. The number of benzene rings is 2. The Kier molecular flexibility index (Phi) is 2.78. The maximum absolute atomic E-state index is 12.8. The van der Waals surface area contributed by atoms with E-state index in [1.165, 1.54) is 12.1 Å². The highest BCUT2D eigenvalue weighted by molar-refractivity contribution is 5.91. The monoisotopic (exact) mass is 317 g/mol. The number of halogens is 3. The Morgan fingerprint density at radius 1 is 1.04 bits per heavy atom. The number of phenolic OH excluding ortho intramolecular Hbond substituents is 1. The number of hydrogen-bond acceptors (Lipinski definition) is 3. The summed E-state index contributed by atoms with van der Waals surface area (Å²) in [5, 5.41) is 10.3. The van der Waals surface area contributed by atoms with Crippen molar-refractivity contribution >= 4 is 10.9 Å². The molecule has 0 unspecified atom stereocenters. The molecule has 1 N–H and O–H groups in total. The fourth-order valence-corrected chi connectivity index (χ4v) is 2.82. The zero-order valence-corrected chi connectivity index (χ0v) is 11.7. The summed E-state index contributed by atoms with van der Waals surface area (Å²) < 4.78 is 44.0. The minimum atomic E-state index is -4.40. The highest BCUT2D eigenvalue weighted by Gasteiger charge is 2.32. The van der Waals surface area contributed by atoms with Crippen LogP contribution in [0, 0.1) is 0 Å². The van der Waals surface area contributed by atoms with E-state index in [0.717, 1.165) is 28.6 Å². The molecule has 23 heavy (non-hydrogen) atoms. The number of hydrogen-bond donors (Lipinski definition) is 1. The Morgan fingerprint density at radius 2 is 1.87 bits per heavy atom. The normalized spacial score (nSPS) is 13.3. The van der Waals surface area contributed by atoms with Gasteiger partial charge in [0.05, 0.1) is 11.1 Å². The molecule has 116 valence electrons. The number of aromatic hydroxyl groups is 1. The van der Waals surface area contributed by atoms with E-state index in [1.807, 2.05) is 0 Å². The van der Waals surface area contributed by atoms with Gasteiger partial charge in [0.25, 0.3) is 0 Å². The molecule has 0 fully saturated rings. The SMILES string of the molecule is Oc1ccc2c3c(cnc2c1)-c1ccc(C(F)(F)F)cc1OC3. The largest absolute Gasteiger partial charge is 0.508 e. The summed E-state index contributed by atoms with van der Waals surface area (Å²) in [5.74, 6) is 0.309. The fourth-order valence-electron chi connectivity index (χ4n) is 2.82. The van der Waals surface area contributed by atoms with Crippen LogP contribution < -0.4 is 4.74 Å². The molecule has 1 aliphatic heterocycles. The van der Waals surface area contributed by atoms with Gasteiger partial charge < -0.3 is 9.84 Å². The van der Waals surface area contributed by atoms with Crippen molar-refractivity contribution in [2.45, 2.75) is 12.8 Å². The standard InChI is InChI=1S/C17H10F3NO2/c18-17(19,20)9-1-3-12-13-7-21-15-6-10(22)2-4-11(15)14(13)8-23-16(12)5-9/h1-7,22H,8H2. The first-order chi connectivity index (χ1) is 10.9. The number of aromatic nitrogens is 1. The maximum Gasteiger partial charge on any atom is 0.416 e. The first kappa shape index (κ1) is 13.9. The molecule has 0 aliphatic carbocycles. The van der Waals surface area contributed by atoms with Crippen molar-refractivity contribution in [1.29, 1.82) is 0 Å². The molecule has 0 radical (unpaired) electrons. The van der Waals surface area contributed by atoms with Crippen LogP contribution in [0.25, 0.3) is 22.0 Å². The van der Waals surface area contributed by atoms with Gasteiger partial charge in [0.2, 0.25) is 0 Å². The maximum atomic E-state index is 12.8. The van der Waals surface area contributed by atoms with Crippen LogP contribution in [0.1, 0.15) is 11.1 Å². The lowest BCUT2D eigenvalue weighted by Crippen LogP contribution is -2.10. The molecule has 3 aromatic rings. The van der Waals surface area contributed by atoms with Gasteiger partial charge in [-0.2, -0.15) is 13.2 Å². The topological polar surface area (TPSA) is 42.4 Å².